The first-order valence-corrected chi connectivity index (χ1v) is 9.67. The Morgan fingerprint density at radius 2 is 2.05 bits per heavy atom. The molecular formula is C16H25ClO3S. The van der Waals surface area contributed by atoms with E-state index in [4.69, 9.17) is 15.8 Å². The predicted octanol–water partition coefficient (Wildman–Crippen LogP) is 3.53. The van der Waals surface area contributed by atoms with E-state index in [1.54, 1.807) is 0 Å². The van der Waals surface area contributed by atoms with E-state index in [1.165, 1.54) is 0 Å². The molecule has 4 rings (SSSR count). The standard InChI is InChI=1S/C16H25ClO3S/c1-9(2)10-5-12-15(3)6-11(10)14(18)16(12,4)7-13(15)20-21(19)8-17/h9-13H,5-8H2,1-4H3/t10-,11-,12-,13-,15+,16+,21?/m0/s1. The maximum Gasteiger partial charge on any atom is 0.171 e. The lowest BCUT2D eigenvalue weighted by Crippen LogP contribution is -2.57. The SMILES string of the molecule is CC(C)[C@@H]1C[C@H]2[C@@]3(C)C[C@@H]1C(=O)[C@]2(C)C[C@@H]3OS(=O)CCl. The minimum atomic E-state index is -1.45. The molecule has 4 bridgehead atoms. The molecule has 0 amide bonds. The van der Waals surface area contributed by atoms with E-state index in [0.29, 0.717) is 30.0 Å². The number of fused-ring (bicyclic) bond motifs is 1. The Hall–Kier alpha value is 0.0700. The van der Waals surface area contributed by atoms with Crippen LogP contribution in [0.5, 0.6) is 0 Å². The zero-order valence-electron chi connectivity index (χ0n) is 13.2. The first-order valence-electron chi connectivity index (χ1n) is 7.90. The largest absolute Gasteiger partial charge is 0.299 e. The first kappa shape index (κ1) is 15.9. The van der Waals surface area contributed by atoms with Gasteiger partial charge in [-0.1, -0.05) is 27.7 Å². The monoisotopic (exact) mass is 332 g/mol. The first-order chi connectivity index (χ1) is 9.74. The number of Topliss-reactive ketones (excluding diaryl/α,β-unsaturated/α-hetero) is 1. The number of hydrogen-bond acceptors (Lipinski definition) is 3. The van der Waals surface area contributed by atoms with Gasteiger partial charge < -0.3 is 0 Å². The molecule has 1 unspecified atom stereocenters. The minimum absolute atomic E-state index is 0.0000446. The highest BCUT2D eigenvalue weighted by molar-refractivity contribution is 7.81. The molecule has 7 atom stereocenters. The predicted molar refractivity (Wildman–Crippen MR) is 84.1 cm³/mol. The summed E-state index contributed by atoms with van der Waals surface area (Å²) >= 11 is 4.19. The van der Waals surface area contributed by atoms with Gasteiger partial charge in [-0.2, -0.15) is 0 Å². The quantitative estimate of drug-likeness (QED) is 0.740. The third-order valence-electron chi connectivity index (χ3n) is 6.66. The highest BCUT2D eigenvalue weighted by atomic mass is 35.5. The molecule has 21 heavy (non-hydrogen) atoms. The van der Waals surface area contributed by atoms with Gasteiger partial charge >= 0.3 is 0 Å². The van der Waals surface area contributed by atoms with Crippen molar-refractivity contribution < 1.29 is 13.2 Å². The summed E-state index contributed by atoms with van der Waals surface area (Å²) in [5, 5.41) is -0.0000446. The van der Waals surface area contributed by atoms with Crippen LogP contribution >= 0.6 is 11.6 Å². The van der Waals surface area contributed by atoms with Gasteiger partial charge in [0.05, 0.1) is 6.10 Å². The number of halogens is 1. The molecule has 0 spiro atoms. The molecule has 0 N–H and O–H groups in total. The van der Waals surface area contributed by atoms with E-state index in [1.807, 2.05) is 0 Å². The molecule has 4 fully saturated rings. The van der Waals surface area contributed by atoms with Gasteiger partial charge in [-0.3, -0.25) is 8.98 Å². The van der Waals surface area contributed by atoms with Gasteiger partial charge in [-0.05, 0) is 42.4 Å². The molecule has 0 saturated heterocycles. The molecule has 5 heteroatoms. The Labute approximate surface area is 134 Å². The number of alkyl halides is 1. The number of ketones is 1. The molecule has 4 aliphatic carbocycles. The van der Waals surface area contributed by atoms with E-state index in [0.717, 1.165) is 12.8 Å². The summed E-state index contributed by atoms with van der Waals surface area (Å²) in [4.78, 5) is 13.0. The summed E-state index contributed by atoms with van der Waals surface area (Å²) in [7, 11) is 0. The lowest BCUT2D eigenvalue weighted by molar-refractivity contribution is -0.158. The van der Waals surface area contributed by atoms with Crippen LogP contribution in [0.3, 0.4) is 0 Å². The van der Waals surface area contributed by atoms with E-state index in [-0.39, 0.29) is 28.1 Å². The molecule has 0 aromatic carbocycles. The van der Waals surface area contributed by atoms with Crippen LogP contribution in [0.4, 0.5) is 0 Å². The fourth-order valence-electron chi connectivity index (χ4n) is 5.60. The summed E-state index contributed by atoms with van der Waals surface area (Å²) < 4.78 is 17.5. The van der Waals surface area contributed by atoms with Crippen molar-refractivity contribution in [3.8, 4) is 0 Å². The molecule has 0 aromatic heterocycles. The van der Waals surface area contributed by atoms with Gasteiger partial charge in [-0.25, -0.2) is 4.21 Å². The lowest BCUT2D eigenvalue weighted by atomic mass is 9.47. The van der Waals surface area contributed by atoms with Crippen LogP contribution in [0.15, 0.2) is 0 Å². The van der Waals surface area contributed by atoms with Crippen molar-refractivity contribution in [2.24, 2.45) is 34.5 Å². The Bertz CT molecular complexity index is 494. The van der Waals surface area contributed by atoms with Crippen molar-refractivity contribution in [2.45, 2.75) is 53.1 Å². The molecule has 120 valence electrons. The van der Waals surface area contributed by atoms with Gasteiger partial charge in [-0.15, -0.1) is 11.6 Å². The Morgan fingerprint density at radius 1 is 1.38 bits per heavy atom. The lowest BCUT2D eigenvalue weighted by Gasteiger charge is -2.56. The number of carbonyl (C=O) groups is 1. The van der Waals surface area contributed by atoms with Crippen LogP contribution in [-0.2, 0) is 20.1 Å². The second-order valence-corrected chi connectivity index (χ2v) is 9.67. The summed E-state index contributed by atoms with van der Waals surface area (Å²) in [6, 6.07) is 0. The topological polar surface area (TPSA) is 43.4 Å². The van der Waals surface area contributed by atoms with Crippen molar-refractivity contribution in [3.05, 3.63) is 0 Å². The van der Waals surface area contributed by atoms with Gasteiger partial charge in [0.1, 0.15) is 11.0 Å². The third kappa shape index (κ3) is 2.08. The van der Waals surface area contributed by atoms with Crippen LogP contribution in [0, 0.1) is 34.5 Å². The van der Waals surface area contributed by atoms with Crippen LogP contribution < -0.4 is 0 Å². The molecule has 0 aromatic rings. The van der Waals surface area contributed by atoms with Crippen molar-refractivity contribution >= 4 is 28.5 Å². The summed E-state index contributed by atoms with van der Waals surface area (Å²) in [6.45, 7) is 8.78. The Morgan fingerprint density at radius 3 is 2.62 bits per heavy atom. The molecule has 3 nitrogen and oxygen atoms in total. The van der Waals surface area contributed by atoms with Crippen LogP contribution in [0.1, 0.15) is 47.0 Å². The van der Waals surface area contributed by atoms with E-state index >= 15 is 0 Å². The highest BCUT2D eigenvalue weighted by Gasteiger charge is 2.70. The molecule has 0 heterocycles. The molecule has 4 saturated carbocycles. The van der Waals surface area contributed by atoms with Gasteiger partial charge in [0.2, 0.25) is 0 Å². The average Bonchev–Trinajstić information content (AvgIpc) is 2.60. The Kier molecular flexibility index (Phi) is 3.82. The number of carbonyl (C=O) groups excluding carboxylic acids is 1. The normalized spacial score (nSPS) is 49.9. The van der Waals surface area contributed by atoms with Crippen molar-refractivity contribution in [2.75, 3.05) is 5.21 Å². The van der Waals surface area contributed by atoms with Crippen LogP contribution in [-0.4, -0.2) is 21.3 Å². The van der Waals surface area contributed by atoms with Gasteiger partial charge in [0.15, 0.2) is 11.1 Å². The summed E-state index contributed by atoms with van der Waals surface area (Å²) in [6.07, 6.45) is 2.60. The molecular weight excluding hydrogens is 308 g/mol. The fourth-order valence-corrected chi connectivity index (χ4v) is 6.35. The fraction of sp³-hybridized carbons (Fsp3) is 0.938. The van der Waals surface area contributed by atoms with E-state index in [2.05, 4.69) is 27.7 Å². The third-order valence-corrected chi connectivity index (χ3v) is 7.82. The smallest absolute Gasteiger partial charge is 0.171 e. The number of rotatable bonds is 4. The second kappa shape index (κ2) is 5.04. The maximum atomic E-state index is 13.0. The molecule has 0 aliphatic heterocycles. The summed E-state index contributed by atoms with van der Waals surface area (Å²) in [5.41, 5.74) is -0.315. The molecule has 4 aliphatic rings. The van der Waals surface area contributed by atoms with E-state index in [9.17, 15) is 9.00 Å². The van der Waals surface area contributed by atoms with Gasteiger partial charge in [0, 0.05) is 11.3 Å². The van der Waals surface area contributed by atoms with Crippen molar-refractivity contribution in [1.82, 2.24) is 0 Å². The van der Waals surface area contributed by atoms with Crippen LogP contribution in [0.2, 0.25) is 0 Å². The van der Waals surface area contributed by atoms with Gasteiger partial charge in [0.25, 0.3) is 0 Å². The average molecular weight is 333 g/mol. The zero-order valence-corrected chi connectivity index (χ0v) is 14.8. The second-order valence-electron chi connectivity index (χ2n) is 8.00. The van der Waals surface area contributed by atoms with Crippen molar-refractivity contribution in [3.63, 3.8) is 0 Å². The highest BCUT2D eigenvalue weighted by Crippen LogP contribution is 2.70. The molecule has 0 radical (unpaired) electrons. The maximum absolute atomic E-state index is 13.0. The Balaban J connectivity index is 1.94. The number of hydrogen-bond donors (Lipinski definition) is 0. The van der Waals surface area contributed by atoms with Crippen LogP contribution in [0.25, 0.3) is 0 Å². The zero-order chi connectivity index (χ0) is 15.6. The minimum Gasteiger partial charge on any atom is -0.299 e. The summed E-state index contributed by atoms with van der Waals surface area (Å²) in [5.74, 6) is 1.99. The van der Waals surface area contributed by atoms with Crippen molar-refractivity contribution in [1.29, 1.82) is 0 Å². The van der Waals surface area contributed by atoms with E-state index < -0.39 is 11.1 Å².